The second-order valence-corrected chi connectivity index (χ2v) is 5.07. The first-order valence-corrected chi connectivity index (χ1v) is 7.02. The monoisotopic (exact) mass is 272 g/mol. The number of nitrogens with zero attached hydrogens (tertiary/aromatic N) is 2. The standard InChI is InChI=1S/C15H20N4O/c1-12-9-16-10-14(20-12)11-17-15-7-8-18-19(15)13-5-3-2-4-6-13/h2-8,12,14,16-17H,9-11H2,1H3/t12-,14+/m1/s1. The van der Waals surface area contributed by atoms with Crippen molar-refractivity contribution >= 4 is 5.82 Å². The first-order chi connectivity index (χ1) is 9.83. The zero-order valence-electron chi connectivity index (χ0n) is 11.6. The third-order valence-electron chi connectivity index (χ3n) is 3.38. The molecule has 20 heavy (non-hydrogen) atoms. The minimum Gasteiger partial charge on any atom is -0.371 e. The molecular weight excluding hydrogens is 252 g/mol. The Balaban J connectivity index is 1.65. The van der Waals surface area contributed by atoms with E-state index in [4.69, 9.17) is 4.74 Å². The summed E-state index contributed by atoms with van der Waals surface area (Å²) in [6.45, 7) is 4.68. The van der Waals surface area contributed by atoms with E-state index in [1.807, 2.05) is 41.1 Å². The van der Waals surface area contributed by atoms with Crippen molar-refractivity contribution < 1.29 is 4.74 Å². The highest BCUT2D eigenvalue weighted by Crippen LogP contribution is 2.14. The summed E-state index contributed by atoms with van der Waals surface area (Å²) in [5, 5.41) is 11.2. The molecule has 2 N–H and O–H groups in total. The highest BCUT2D eigenvalue weighted by Gasteiger charge is 2.18. The maximum atomic E-state index is 5.88. The number of para-hydroxylation sites is 1. The van der Waals surface area contributed by atoms with E-state index in [0.29, 0.717) is 0 Å². The molecule has 0 spiro atoms. The fourth-order valence-electron chi connectivity index (χ4n) is 2.42. The van der Waals surface area contributed by atoms with Crippen LogP contribution in [0.4, 0.5) is 5.82 Å². The quantitative estimate of drug-likeness (QED) is 0.889. The van der Waals surface area contributed by atoms with Crippen molar-refractivity contribution in [1.29, 1.82) is 0 Å². The number of anilines is 1. The highest BCUT2D eigenvalue weighted by molar-refractivity contribution is 5.44. The van der Waals surface area contributed by atoms with Crippen molar-refractivity contribution in [2.24, 2.45) is 0 Å². The average molecular weight is 272 g/mol. The van der Waals surface area contributed by atoms with Crippen LogP contribution >= 0.6 is 0 Å². The summed E-state index contributed by atoms with van der Waals surface area (Å²) in [6.07, 6.45) is 2.27. The van der Waals surface area contributed by atoms with Crippen LogP contribution in [0.3, 0.4) is 0 Å². The lowest BCUT2D eigenvalue weighted by atomic mass is 10.2. The number of ether oxygens (including phenoxy) is 1. The maximum Gasteiger partial charge on any atom is 0.129 e. The second kappa shape index (κ2) is 6.07. The summed E-state index contributed by atoms with van der Waals surface area (Å²) in [6, 6.07) is 12.1. The topological polar surface area (TPSA) is 51.1 Å². The molecule has 1 aliphatic rings. The van der Waals surface area contributed by atoms with Gasteiger partial charge in [-0.05, 0) is 19.1 Å². The molecule has 0 radical (unpaired) electrons. The van der Waals surface area contributed by atoms with Crippen molar-refractivity contribution in [2.75, 3.05) is 25.0 Å². The van der Waals surface area contributed by atoms with Crippen LogP contribution in [0, 0.1) is 0 Å². The Bertz CT molecular complexity index is 540. The lowest BCUT2D eigenvalue weighted by Crippen LogP contribution is -2.46. The number of aromatic nitrogens is 2. The number of morpholine rings is 1. The van der Waals surface area contributed by atoms with E-state index in [1.165, 1.54) is 0 Å². The largest absolute Gasteiger partial charge is 0.371 e. The highest BCUT2D eigenvalue weighted by atomic mass is 16.5. The number of rotatable bonds is 4. The Morgan fingerprint density at radius 3 is 2.95 bits per heavy atom. The molecule has 0 aliphatic carbocycles. The van der Waals surface area contributed by atoms with E-state index in [0.717, 1.165) is 31.1 Å². The minimum atomic E-state index is 0.192. The average Bonchev–Trinajstić information content (AvgIpc) is 2.95. The summed E-state index contributed by atoms with van der Waals surface area (Å²) < 4.78 is 7.78. The van der Waals surface area contributed by atoms with Gasteiger partial charge in [0.25, 0.3) is 0 Å². The van der Waals surface area contributed by atoms with Gasteiger partial charge in [-0.3, -0.25) is 0 Å². The van der Waals surface area contributed by atoms with Crippen LogP contribution in [0.5, 0.6) is 0 Å². The molecular formula is C15H20N4O. The number of hydrogen-bond donors (Lipinski definition) is 2. The van der Waals surface area contributed by atoms with Gasteiger partial charge >= 0.3 is 0 Å². The SMILES string of the molecule is C[C@@H]1CNC[C@@H](CNc2ccnn2-c2ccccc2)O1. The van der Waals surface area contributed by atoms with Crippen LogP contribution in [-0.2, 0) is 4.74 Å². The molecule has 5 nitrogen and oxygen atoms in total. The first-order valence-electron chi connectivity index (χ1n) is 7.02. The van der Waals surface area contributed by atoms with Gasteiger partial charge in [0.1, 0.15) is 5.82 Å². The molecule has 0 bridgehead atoms. The van der Waals surface area contributed by atoms with Gasteiger partial charge < -0.3 is 15.4 Å². The normalized spacial score (nSPS) is 22.6. The number of nitrogens with one attached hydrogen (secondary N) is 2. The summed E-state index contributed by atoms with van der Waals surface area (Å²) in [5.74, 6) is 0.984. The predicted octanol–water partition coefficient (Wildman–Crippen LogP) is 1.66. The molecule has 1 aromatic heterocycles. The maximum absolute atomic E-state index is 5.88. The van der Waals surface area contributed by atoms with Gasteiger partial charge in [0, 0.05) is 25.7 Å². The van der Waals surface area contributed by atoms with Gasteiger partial charge in [0.15, 0.2) is 0 Å². The lowest BCUT2D eigenvalue weighted by molar-refractivity contribution is -0.0196. The fraction of sp³-hybridized carbons (Fsp3) is 0.400. The lowest BCUT2D eigenvalue weighted by Gasteiger charge is -2.29. The smallest absolute Gasteiger partial charge is 0.129 e. The molecule has 1 aliphatic heterocycles. The first kappa shape index (κ1) is 13.1. The Hall–Kier alpha value is -1.85. The summed E-state index contributed by atoms with van der Waals surface area (Å²) in [5.41, 5.74) is 1.05. The van der Waals surface area contributed by atoms with Gasteiger partial charge in [-0.2, -0.15) is 5.10 Å². The summed E-state index contributed by atoms with van der Waals surface area (Å²) in [4.78, 5) is 0. The molecule has 0 saturated carbocycles. The van der Waals surface area contributed by atoms with E-state index < -0.39 is 0 Å². The Labute approximate surface area is 118 Å². The van der Waals surface area contributed by atoms with Crippen molar-refractivity contribution in [3.8, 4) is 5.69 Å². The molecule has 5 heteroatoms. The molecule has 0 amide bonds. The Kier molecular flexibility index (Phi) is 3.99. The van der Waals surface area contributed by atoms with E-state index in [2.05, 4.69) is 22.7 Å². The molecule has 1 aromatic carbocycles. The van der Waals surface area contributed by atoms with Crippen LogP contribution in [0.2, 0.25) is 0 Å². The van der Waals surface area contributed by atoms with Gasteiger partial charge in [0.2, 0.25) is 0 Å². The van der Waals surface area contributed by atoms with Gasteiger partial charge in [-0.25, -0.2) is 4.68 Å². The fourth-order valence-corrected chi connectivity index (χ4v) is 2.42. The van der Waals surface area contributed by atoms with Crippen molar-refractivity contribution in [2.45, 2.75) is 19.1 Å². The van der Waals surface area contributed by atoms with Crippen LogP contribution in [0.25, 0.3) is 5.69 Å². The zero-order valence-corrected chi connectivity index (χ0v) is 11.6. The van der Waals surface area contributed by atoms with Crippen LogP contribution in [0.1, 0.15) is 6.92 Å². The van der Waals surface area contributed by atoms with E-state index in [9.17, 15) is 0 Å². The van der Waals surface area contributed by atoms with Crippen molar-refractivity contribution in [3.05, 3.63) is 42.6 Å². The van der Waals surface area contributed by atoms with Crippen LogP contribution in [0.15, 0.2) is 42.6 Å². The molecule has 106 valence electrons. The summed E-state index contributed by atoms with van der Waals surface area (Å²) in [7, 11) is 0. The Morgan fingerprint density at radius 1 is 1.30 bits per heavy atom. The third-order valence-corrected chi connectivity index (χ3v) is 3.38. The van der Waals surface area contributed by atoms with Crippen molar-refractivity contribution in [1.82, 2.24) is 15.1 Å². The Morgan fingerprint density at radius 2 is 2.15 bits per heavy atom. The van der Waals surface area contributed by atoms with Crippen LogP contribution in [-0.4, -0.2) is 41.6 Å². The van der Waals surface area contributed by atoms with E-state index in [1.54, 1.807) is 6.20 Å². The van der Waals surface area contributed by atoms with E-state index >= 15 is 0 Å². The second-order valence-electron chi connectivity index (χ2n) is 5.07. The van der Waals surface area contributed by atoms with E-state index in [-0.39, 0.29) is 12.2 Å². The third kappa shape index (κ3) is 3.00. The zero-order chi connectivity index (χ0) is 13.8. The minimum absolute atomic E-state index is 0.192. The molecule has 2 atom stereocenters. The number of hydrogen-bond acceptors (Lipinski definition) is 4. The molecule has 1 fully saturated rings. The predicted molar refractivity (Wildman–Crippen MR) is 79.3 cm³/mol. The molecule has 2 aromatic rings. The van der Waals surface area contributed by atoms with Gasteiger partial charge in [-0.15, -0.1) is 0 Å². The summed E-state index contributed by atoms with van der Waals surface area (Å²) >= 11 is 0. The molecule has 0 unspecified atom stereocenters. The van der Waals surface area contributed by atoms with Crippen molar-refractivity contribution in [3.63, 3.8) is 0 Å². The number of benzene rings is 1. The van der Waals surface area contributed by atoms with Gasteiger partial charge in [-0.1, -0.05) is 18.2 Å². The van der Waals surface area contributed by atoms with Crippen LogP contribution < -0.4 is 10.6 Å². The molecule has 3 rings (SSSR count). The van der Waals surface area contributed by atoms with Gasteiger partial charge in [0.05, 0.1) is 24.1 Å². The molecule has 1 saturated heterocycles. The molecule has 2 heterocycles.